The Labute approximate surface area is 131 Å². The fraction of sp³-hybridized carbons (Fsp3) is 0.600. The first kappa shape index (κ1) is 16.1. The second kappa shape index (κ2) is 7.68. The number of rotatable bonds is 7. The molecule has 0 fully saturated rings. The van der Waals surface area contributed by atoms with Crippen LogP contribution in [0.2, 0.25) is 0 Å². The van der Waals surface area contributed by atoms with Crippen molar-refractivity contribution >= 4 is 23.0 Å². The quantitative estimate of drug-likeness (QED) is 0.733. The van der Waals surface area contributed by atoms with Gasteiger partial charge in [0.05, 0.1) is 18.8 Å². The van der Waals surface area contributed by atoms with E-state index in [1.54, 1.807) is 7.11 Å². The van der Waals surface area contributed by atoms with E-state index in [9.17, 15) is 5.11 Å². The van der Waals surface area contributed by atoms with Crippen molar-refractivity contribution in [3.8, 4) is 0 Å². The highest BCUT2D eigenvalue weighted by atomic mass is 32.1. The monoisotopic (exact) mass is 309 g/mol. The number of pyridine rings is 1. The maximum absolute atomic E-state index is 9.29. The first-order valence-corrected chi connectivity index (χ1v) is 7.75. The molecule has 116 valence electrons. The van der Waals surface area contributed by atoms with Gasteiger partial charge in [0, 0.05) is 25.9 Å². The zero-order chi connectivity index (χ0) is 15.2. The van der Waals surface area contributed by atoms with Gasteiger partial charge in [0.15, 0.2) is 0 Å². The lowest BCUT2D eigenvalue weighted by Crippen LogP contribution is -2.33. The standard InChI is InChI=1S/C15H23N3O2S/c1-20-9-7-18(6-8-19)15-12(14(16)21)10-11-4-2-3-5-13(11)17-15/h10,19H,2-9H2,1H3,(H2,16,21). The minimum atomic E-state index is 0.0548. The average Bonchev–Trinajstić information content (AvgIpc) is 2.50. The Morgan fingerprint density at radius 2 is 2.19 bits per heavy atom. The fourth-order valence-electron chi connectivity index (χ4n) is 2.69. The Morgan fingerprint density at radius 1 is 1.43 bits per heavy atom. The van der Waals surface area contributed by atoms with Crippen LogP contribution in [0.25, 0.3) is 0 Å². The van der Waals surface area contributed by atoms with E-state index < -0.39 is 0 Å². The summed E-state index contributed by atoms with van der Waals surface area (Å²) in [5, 5.41) is 9.29. The maximum atomic E-state index is 9.29. The molecule has 5 nitrogen and oxygen atoms in total. The van der Waals surface area contributed by atoms with Gasteiger partial charge in [-0.1, -0.05) is 12.2 Å². The minimum Gasteiger partial charge on any atom is -0.395 e. The summed E-state index contributed by atoms with van der Waals surface area (Å²) in [6.45, 7) is 1.76. The van der Waals surface area contributed by atoms with Gasteiger partial charge < -0.3 is 20.5 Å². The number of nitrogens with zero attached hydrogens (tertiary/aromatic N) is 2. The van der Waals surface area contributed by atoms with Crippen molar-refractivity contribution in [2.75, 3.05) is 38.3 Å². The van der Waals surface area contributed by atoms with E-state index in [2.05, 4.69) is 6.07 Å². The number of nitrogens with two attached hydrogens (primary N) is 1. The summed E-state index contributed by atoms with van der Waals surface area (Å²) >= 11 is 5.19. The molecule has 21 heavy (non-hydrogen) atoms. The number of hydrogen-bond acceptors (Lipinski definition) is 5. The van der Waals surface area contributed by atoms with Crippen LogP contribution in [0.1, 0.15) is 29.7 Å². The summed E-state index contributed by atoms with van der Waals surface area (Å²) in [4.78, 5) is 7.14. The van der Waals surface area contributed by atoms with Crippen molar-refractivity contribution in [3.05, 3.63) is 22.9 Å². The highest BCUT2D eigenvalue weighted by Crippen LogP contribution is 2.26. The zero-order valence-corrected chi connectivity index (χ0v) is 13.3. The van der Waals surface area contributed by atoms with E-state index in [1.807, 2.05) is 4.90 Å². The maximum Gasteiger partial charge on any atom is 0.139 e. The Hall–Kier alpha value is -1.24. The largest absolute Gasteiger partial charge is 0.395 e. The van der Waals surface area contributed by atoms with Crippen molar-refractivity contribution < 1.29 is 9.84 Å². The average molecular weight is 309 g/mol. The van der Waals surface area contributed by atoms with Crippen molar-refractivity contribution in [2.24, 2.45) is 5.73 Å². The van der Waals surface area contributed by atoms with E-state index in [1.165, 1.54) is 18.4 Å². The number of anilines is 1. The molecule has 1 aliphatic rings. The Balaban J connectivity index is 2.40. The molecule has 1 aliphatic carbocycles. The lowest BCUT2D eigenvalue weighted by atomic mass is 9.94. The topological polar surface area (TPSA) is 71.6 Å². The molecule has 0 atom stereocenters. The second-order valence-corrected chi connectivity index (χ2v) is 5.68. The van der Waals surface area contributed by atoms with E-state index in [0.29, 0.717) is 24.7 Å². The first-order chi connectivity index (χ1) is 10.2. The SMILES string of the molecule is COCCN(CCO)c1nc2c(cc1C(N)=S)CCCC2. The number of aliphatic hydroxyl groups excluding tert-OH is 1. The van der Waals surface area contributed by atoms with E-state index in [4.69, 9.17) is 27.7 Å². The molecular formula is C15H23N3O2S. The van der Waals surface area contributed by atoms with Crippen LogP contribution in [0.5, 0.6) is 0 Å². The van der Waals surface area contributed by atoms with Gasteiger partial charge in [0.1, 0.15) is 10.8 Å². The van der Waals surface area contributed by atoms with E-state index in [0.717, 1.165) is 29.9 Å². The molecule has 0 radical (unpaired) electrons. The summed E-state index contributed by atoms with van der Waals surface area (Å²) in [6, 6.07) is 2.08. The van der Waals surface area contributed by atoms with Gasteiger partial charge in [-0.25, -0.2) is 4.98 Å². The predicted octanol–water partition coefficient (Wildman–Crippen LogP) is 1.04. The zero-order valence-electron chi connectivity index (χ0n) is 12.5. The van der Waals surface area contributed by atoms with Crippen LogP contribution in [-0.2, 0) is 17.6 Å². The van der Waals surface area contributed by atoms with Gasteiger partial charge in [-0.2, -0.15) is 0 Å². The van der Waals surface area contributed by atoms with Crippen molar-refractivity contribution in [3.63, 3.8) is 0 Å². The summed E-state index contributed by atoms with van der Waals surface area (Å²) < 4.78 is 5.14. The van der Waals surface area contributed by atoms with Crippen LogP contribution >= 0.6 is 12.2 Å². The number of aromatic nitrogens is 1. The van der Waals surface area contributed by atoms with Crippen molar-refractivity contribution in [2.45, 2.75) is 25.7 Å². The summed E-state index contributed by atoms with van der Waals surface area (Å²) in [6.07, 6.45) is 4.40. The first-order valence-electron chi connectivity index (χ1n) is 7.34. The molecule has 0 spiro atoms. The van der Waals surface area contributed by atoms with Crippen LogP contribution in [0, 0.1) is 0 Å². The Kier molecular flexibility index (Phi) is 5.90. The molecule has 1 aromatic rings. The van der Waals surface area contributed by atoms with E-state index >= 15 is 0 Å². The van der Waals surface area contributed by atoms with Crippen LogP contribution < -0.4 is 10.6 Å². The predicted molar refractivity (Wildman–Crippen MR) is 87.9 cm³/mol. The number of methoxy groups -OCH3 is 1. The molecule has 0 aromatic carbocycles. The molecular weight excluding hydrogens is 286 g/mol. The van der Waals surface area contributed by atoms with Gasteiger partial charge in [0.2, 0.25) is 0 Å². The summed E-state index contributed by atoms with van der Waals surface area (Å²) in [5.41, 5.74) is 9.07. The number of hydrogen-bond donors (Lipinski definition) is 2. The number of aliphatic hydroxyl groups is 1. The fourth-order valence-corrected chi connectivity index (χ4v) is 2.84. The molecule has 0 aliphatic heterocycles. The molecule has 0 amide bonds. The minimum absolute atomic E-state index is 0.0548. The molecule has 1 aromatic heterocycles. The molecule has 0 bridgehead atoms. The molecule has 6 heteroatoms. The number of fused-ring (bicyclic) bond motifs is 1. The Bertz CT molecular complexity index is 508. The lowest BCUT2D eigenvalue weighted by Gasteiger charge is -2.27. The molecule has 0 saturated heterocycles. The summed E-state index contributed by atoms with van der Waals surface area (Å²) in [5.74, 6) is 0.772. The third-order valence-electron chi connectivity index (χ3n) is 3.78. The van der Waals surface area contributed by atoms with Gasteiger partial charge in [-0.15, -0.1) is 0 Å². The van der Waals surface area contributed by atoms with E-state index in [-0.39, 0.29) is 6.61 Å². The number of ether oxygens (including phenoxy) is 1. The van der Waals surface area contributed by atoms with Gasteiger partial charge in [0.25, 0.3) is 0 Å². The van der Waals surface area contributed by atoms with Gasteiger partial charge >= 0.3 is 0 Å². The lowest BCUT2D eigenvalue weighted by molar-refractivity contribution is 0.202. The highest BCUT2D eigenvalue weighted by Gasteiger charge is 2.20. The Morgan fingerprint density at radius 3 is 2.86 bits per heavy atom. The third kappa shape index (κ3) is 3.90. The third-order valence-corrected chi connectivity index (χ3v) is 4.00. The van der Waals surface area contributed by atoms with Gasteiger partial charge in [-0.05, 0) is 37.3 Å². The highest BCUT2D eigenvalue weighted by molar-refractivity contribution is 7.80. The van der Waals surface area contributed by atoms with Crippen molar-refractivity contribution in [1.82, 2.24) is 4.98 Å². The number of aryl methyl sites for hydroxylation is 2. The second-order valence-electron chi connectivity index (χ2n) is 5.24. The van der Waals surface area contributed by atoms with Crippen LogP contribution in [0.4, 0.5) is 5.82 Å². The van der Waals surface area contributed by atoms with Gasteiger partial charge in [-0.3, -0.25) is 0 Å². The van der Waals surface area contributed by atoms with Crippen LogP contribution in [-0.4, -0.2) is 48.5 Å². The van der Waals surface area contributed by atoms with Crippen molar-refractivity contribution in [1.29, 1.82) is 0 Å². The van der Waals surface area contributed by atoms with Crippen LogP contribution in [0.3, 0.4) is 0 Å². The normalized spacial score (nSPS) is 13.8. The molecule has 0 unspecified atom stereocenters. The molecule has 0 saturated carbocycles. The molecule has 2 rings (SSSR count). The smallest absolute Gasteiger partial charge is 0.139 e. The molecule has 1 heterocycles. The van der Waals surface area contributed by atoms with Crippen LogP contribution in [0.15, 0.2) is 6.07 Å². The molecule has 3 N–H and O–H groups in total. The number of thiocarbonyl (C=S) groups is 1. The summed E-state index contributed by atoms with van der Waals surface area (Å²) in [7, 11) is 1.66.